The first-order valence-corrected chi connectivity index (χ1v) is 4.82. The Morgan fingerprint density at radius 3 is 2.44 bits per heavy atom. The molecular formula is C10H12F3N3O2. The first kappa shape index (κ1) is 14.1. The predicted molar refractivity (Wildman–Crippen MR) is 58.7 cm³/mol. The van der Waals surface area contributed by atoms with Crippen molar-refractivity contribution in [3.8, 4) is 5.75 Å². The molecule has 100 valence electrons. The van der Waals surface area contributed by atoms with Crippen LogP contribution >= 0.6 is 0 Å². The molecule has 0 bridgehead atoms. The van der Waals surface area contributed by atoms with Crippen molar-refractivity contribution in [1.82, 2.24) is 10.4 Å². The molecule has 3 N–H and O–H groups in total. The van der Waals surface area contributed by atoms with E-state index in [0.717, 1.165) is 12.1 Å². The lowest BCUT2D eigenvalue weighted by Gasteiger charge is -2.14. The Bertz CT molecular complexity index is 446. The van der Waals surface area contributed by atoms with Crippen molar-refractivity contribution in [2.24, 2.45) is 0 Å². The van der Waals surface area contributed by atoms with Crippen LogP contribution < -0.4 is 15.9 Å². The summed E-state index contributed by atoms with van der Waals surface area (Å²) < 4.78 is 39.6. The maximum Gasteiger partial charge on any atom is 0.573 e. The van der Waals surface area contributed by atoms with Crippen LogP contribution in [0.15, 0.2) is 18.2 Å². The molecule has 0 aliphatic carbocycles. The Morgan fingerprint density at radius 1 is 1.39 bits per heavy atom. The molecule has 0 radical (unpaired) electrons. The number of carbonyl (C=O) groups excluding carboxylic acids is 1. The van der Waals surface area contributed by atoms with Gasteiger partial charge in [0.2, 0.25) is 0 Å². The summed E-state index contributed by atoms with van der Waals surface area (Å²) in [5.41, 5.74) is 7.68. The Morgan fingerprint density at radius 2 is 2.00 bits per heavy atom. The van der Waals surface area contributed by atoms with Gasteiger partial charge in [-0.25, -0.2) is 5.01 Å². The Labute approximate surface area is 101 Å². The third kappa shape index (κ3) is 4.13. The van der Waals surface area contributed by atoms with Gasteiger partial charge in [-0.3, -0.25) is 10.2 Å². The van der Waals surface area contributed by atoms with Crippen LogP contribution in [-0.4, -0.2) is 31.4 Å². The van der Waals surface area contributed by atoms with Crippen molar-refractivity contribution in [2.45, 2.75) is 6.36 Å². The number of hydrogen-bond donors (Lipinski definition) is 2. The lowest BCUT2D eigenvalue weighted by atomic mass is 10.2. The van der Waals surface area contributed by atoms with Crippen molar-refractivity contribution in [3.63, 3.8) is 0 Å². The summed E-state index contributed by atoms with van der Waals surface area (Å²) in [5, 5.41) is 1.40. The van der Waals surface area contributed by atoms with E-state index in [1.165, 1.54) is 11.1 Å². The highest BCUT2D eigenvalue weighted by atomic mass is 19.4. The summed E-state index contributed by atoms with van der Waals surface area (Å²) in [6.45, 7) is 0. The van der Waals surface area contributed by atoms with Gasteiger partial charge in [0.15, 0.2) is 5.75 Å². The van der Waals surface area contributed by atoms with E-state index in [9.17, 15) is 18.0 Å². The van der Waals surface area contributed by atoms with Gasteiger partial charge in [0.25, 0.3) is 5.91 Å². The minimum atomic E-state index is -4.82. The van der Waals surface area contributed by atoms with E-state index in [4.69, 9.17) is 5.73 Å². The van der Waals surface area contributed by atoms with Gasteiger partial charge in [0, 0.05) is 19.7 Å². The molecule has 0 atom stereocenters. The fourth-order valence-corrected chi connectivity index (χ4v) is 1.17. The minimum absolute atomic E-state index is 0.135. The number of carbonyl (C=O) groups is 1. The highest BCUT2D eigenvalue weighted by molar-refractivity contribution is 5.95. The van der Waals surface area contributed by atoms with Crippen LogP contribution in [0.4, 0.5) is 18.9 Å². The van der Waals surface area contributed by atoms with E-state index < -0.39 is 18.0 Å². The molecule has 0 aliphatic rings. The van der Waals surface area contributed by atoms with E-state index in [1.807, 2.05) is 0 Å². The van der Waals surface area contributed by atoms with E-state index in [2.05, 4.69) is 10.2 Å². The van der Waals surface area contributed by atoms with Gasteiger partial charge in [-0.15, -0.1) is 13.2 Å². The zero-order valence-electron chi connectivity index (χ0n) is 9.71. The number of nitrogen functional groups attached to an aromatic ring is 1. The quantitative estimate of drug-likeness (QED) is 0.638. The molecule has 5 nitrogen and oxygen atoms in total. The monoisotopic (exact) mass is 263 g/mol. The first-order chi connectivity index (χ1) is 8.19. The maximum absolute atomic E-state index is 12.0. The molecule has 0 unspecified atom stereocenters. The third-order valence-corrected chi connectivity index (χ3v) is 1.82. The van der Waals surface area contributed by atoms with Crippen LogP contribution in [0.2, 0.25) is 0 Å². The van der Waals surface area contributed by atoms with Crippen molar-refractivity contribution in [3.05, 3.63) is 23.8 Å². The number of halogens is 3. The lowest BCUT2D eigenvalue weighted by molar-refractivity contribution is -0.274. The van der Waals surface area contributed by atoms with Crippen molar-refractivity contribution in [2.75, 3.05) is 19.8 Å². The number of anilines is 1. The number of hydrogen-bond acceptors (Lipinski definition) is 4. The molecular weight excluding hydrogens is 251 g/mol. The van der Waals surface area contributed by atoms with Crippen LogP contribution in [0.25, 0.3) is 0 Å². The van der Waals surface area contributed by atoms with E-state index >= 15 is 0 Å². The number of benzene rings is 1. The fraction of sp³-hybridized carbons (Fsp3) is 0.300. The third-order valence-electron chi connectivity index (χ3n) is 1.82. The van der Waals surface area contributed by atoms with Crippen LogP contribution in [0, 0.1) is 0 Å². The minimum Gasteiger partial charge on any atom is -0.404 e. The molecule has 1 amide bonds. The highest BCUT2D eigenvalue weighted by Gasteiger charge is 2.32. The second-order valence-corrected chi connectivity index (χ2v) is 3.64. The average Bonchev–Trinajstić information content (AvgIpc) is 2.18. The zero-order chi connectivity index (χ0) is 13.9. The molecule has 8 heteroatoms. The summed E-state index contributed by atoms with van der Waals surface area (Å²) in [4.78, 5) is 11.5. The molecule has 0 saturated heterocycles. The van der Waals surface area contributed by atoms with Gasteiger partial charge >= 0.3 is 6.36 Å². The van der Waals surface area contributed by atoms with E-state index in [0.29, 0.717) is 0 Å². The average molecular weight is 263 g/mol. The number of hydrazine groups is 1. The number of ether oxygens (including phenoxy) is 1. The SMILES string of the molecule is CN(C)NC(=O)c1ccc(OC(F)(F)F)c(N)c1. The highest BCUT2D eigenvalue weighted by Crippen LogP contribution is 2.28. The zero-order valence-corrected chi connectivity index (χ0v) is 9.71. The number of nitrogens with one attached hydrogen (secondary N) is 1. The fourth-order valence-electron chi connectivity index (χ4n) is 1.17. The van der Waals surface area contributed by atoms with Crippen LogP contribution in [0.5, 0.6) is 5.75 Å². The van der Waals surface area contributed by atoms with Gasteiger partial charge in [0.05, 0.1) is 5.69 Å². The second kappa shape index (κ2) is 5.13. The summed E-state index contributed by atoms with van der Waals surface area (Å²) >= 11 is 0. The standard InChI is InChI=1S/C10H12F3N3O2/c1-16(2)15-9(17)6-3-4-8(7(14)5-6)18-10(11,12)13/h3-5H,14H2,1-2H3,(H,15,17). The van der Waals surface area contributed by atoms with Crippen molar-refractivity contribution < 1.29 is 22.7 Å². The van der Waals surface area contributed by atoms with Crippen LogP contribution in [0.1, 0.15) is 10.4 Å². The molecule has 0 aromatic heterocycles. The van der Waals surface area contributed by atoms with Gasteiger partial charge < -0.3 is 10.5 Å². The summed E-state index contributed by atoms with van der Waals surface area (Å²) in [6, 6.07) is 3.30. The number of alkyl halides is 3. The van der Waals surface area contributed by atoms with Gasteiger partial charge in [-0.2, -0.15) is 0 Å². The number of nitrogens with two attached hydrogens (primary N) is 1. The van der Waals surface area contributed by atoms with Gasteiger partial charge in [0.1, 0.15) is 0 Å². The van der Waals surface area contributed by atoms with E-state index in [-0.39, 0.29) is 11.3 Å². The number of rotatable bonds is 3. The summed E-state index contributed by atoms with van der Waals surface area (Å²) in [7, 11) is 3.20. The smallest absolute Gasteiger partial charge is 0.404 e. The molecule has 0 spiro atoms. The molecule has 0 heterocycles. The normalized spacial score (nSPS) is 11.4. The molecule has 0 fully saturated rings. The molecule has 1 aromatic carbocycles. The van der Waals surface area contributed by atoms with Crippen LogP contribution in [-0.2, 0) is 0 Å². The first-order valence-electron chi connectivity index (χ1n) is 4.82. The van der Waals surface area contributed by atoms with Gasteiger partial charge in [-0.1, -0.05) is 0 Å². The molecule has 1 rings (SSSR count). The van der Waals surface area contributed by atoms with E-state index in [1.54, 1.807) is 14.1 Å². The summed E-state index contributed by atoms with van der Waals surface area (Å²) in [6.07, 6.45) is -4.82. The number of amides is 1. The van der Waals surface area contributed by atoms with Crippen LogP contribution in [0.3, 0.4) is 0 Å². The van der Waals surface area contributed by atoms with Crippen molar-refractivity contribution >= 4 is 11.6 Å². The predicted octanol–water partition coefficient (Wildman–Crippen LogP) is 1.37. The largest absolute Gasteiger partial charge is 0.573 e. The molecule has 18 heavy (non-hydrogen) atoms. The second-order valence-electron chi connectivity index (χ2n) is 3.64. The molecule has 0 saturated carbocycles. The number of nitrogens with zero attached hydrogens (tertiary/aromatic N) is 1. The maximum atomic E-state index is 12.0. The Balaban J connectivity index is 2.89. The molecule has 0 aliphatic heterocycles. The molecule has 1 aromatic rings. The Kier molecular flexibility index (Phi) is 4.02. The topological polar surface area (TPSA) is 67.6 Å². The van der Waals surface area contributed by atoms with Gasteiger partial charge in [-0.05, 0) is 18.2 Å². The summed E-state index contributed by atoms with van der Waals surface area (Å²) in [5.74, 6) is -1.02. The Hall–Kier alpha value is -1.96. The lowest BCUT2D eigenvalue weighted by Crippen LogP contribution is -2.36. The van der Waals surface area contributed by atoms with Crippen molar-refractivity contribution in [1.29, 1.82) is 0 Å².